The minimum atomic E-state index is -0.759. The number of aliphatic carboxylic acids is 1. The number of carboxylic acids is 1. The minimum absolute atomic E-state index is 0.0144. The van der Waals surface area contributed by atoms with E-state index >= 15 is 0 Å². The molecule has 5 nitrogen and oxygen atoms in total. The molecule has 1 aliphatic heterocycles. The number of alkyl halides is 1. The fourth-order valence-corrected chi connectivity index (χ4v) is 4.07. The highest BCUT2D eigenvalue weighted by Crippen LogP contribution is 2.41. The van der Waals surface area contributed by atoms with Gasteiger partial charge >= 0.3 is 5.97 Å². The molecule has 1 aliphatic carbocycles. The normalized spacial score (nSPS) is 34.0. The van der Waals surface area contributed by atoms with Gasteiger partial charge in [0, 0.05) is 30.9 Å². The van der Waals surface area contributed by atoms with Gasteiger partial charge in [0.25, 0.3) is 0 Å². The minimum Gasteiger partial charge on any atom is -0.481 e. The maximum Gasteiger partial charge on any atom is 0.303 e. The van der Waals surface area contributed by atoms with E-state index in [0.717, 1.165) is 45.1 Å². The van der Waals surface area contributed by atoms with Crippen LogP contribution in [0, 0.1) is 11.8 Å². The zero-order valence-electron chi connectivity index (χ0n) is 14.1. The molecule has 2 rings (SSSR count). The van der Waals surface area contributed by atoms with Crippen LogP contribution in [0.5, 0.6) is 0 Å². The molecule has 0 aromatic heterocycles. The Kier molecular flexibility index (Phi) is 8.53. The maximum absolute atomic E-state index is 10.5. The van der Waals surface area contributed by atoms with Gasteiger partial charge < -0.3 is 19.7 Å². The largest absolute Gasteiger partial charge is 0.481 e. The molecule has 1 heterocycles. The van der Waals surface area contributed by atoms with E-state index in [1.165, 1.54) is 0 Å². The lowest BCUT2D eigenvalue weighted by Crippen LogP contribution is -2.32. The van der Waals surface area contributed by atoms with E-state index in [0.29, 0.717) is 6.42 Å². The molecule has 0 bridgehead atoms. The van der Waals surface area contributed by atoms with Crippen molar-refractivity contribution in [3.8, 4) is 0 Å². The summed E-state index contributed by atoms with van der Waals surface area (Å²) in [5.41, 5.74) is 0. The second-order valence-electron chi connectivity index (χ2n) is 6.73. The standard InChI is InChI=1S/C18H29ClO5/c19-15-11-16(24-18-9-5-6-10-23-18)14(12-20)13(15)7-3-1-2-4-8-17(21)22/h1,3,13-16,18,20H,2,4-12H2,(H,21,22)/t13-,14-,15+,16-,18?/m1/s1. The Balaban J connectivity index is 1.78. The van der Waals surface area contributed by atoms with Gasteiger partial charge in [-0.3, -0.25) is 4.79 Å². The van der Waals surface area contributed by atoms with E-state index in [2.05, 4.69) is 6.08 Å². The average Bonchev–Trinajstić information content (AvgIpc) is 2.86. The van der Waals surface area contributed by atoms with Gasteiger partial charge in [-0.2, -0.15) is 0 Å². The van der Waals surface area contributed by atoms with Crippen molar-refractivity contribution in [1.29, 1.82) is 0 Å². The number of carbonyl (C=O) groups is 1. The van der Waals surface area contributed by atoms with Gasteiger partial charge in [-0.05, 0) is 50.9 Å². The predicted molar refractivity (Wildman–Crippen MR) is 92.0 cm³/mol. The number of halogens is 1. The third kappa shape index (κ3) is 6.03. The highest BCUT2D eigenvalue weighted by atomic mass is 35.5. The Morgan fingerprint density at radius 2 is 2.12 bits per heavy atom. The number of ether oxygens (including phenoxy) is 2. The monoisotopic (exact) mass is 360 g/mol. The Labute approximate surface area is 149 Å². The van der Waals surface area contributed by atoms with E-state index < -0.39 is 5.97 Å². The van der Waals surface area contributed by atoms with Crippen molar-refractivity contribution in [3.63, 3.8) is 0 Å². The van der Waals surface area contributed by atoms with Crippen molar-refractivity contribution in [3.05, 3.63) is 12.2 Å². The summed E-state index contributed by atoms with van der Waals surface area (Å²) in [6.45, 7) is 0.812. The second-order valence-corrected chi connectivity index (χ2v) is 7.29. The molecule has 2 N–H and O–H groups in total. The number of rotatable bonds is 9. The van der Waals surface area contributed by atoms with Crippen LogP contribution in [0.25, 0.3) is 0 Å². The first-order chi connectivity index (χ1) is 11.6. The summed E-state index contributed by atoms with van der Waals surface area (Å²) in [7, 11) is 0. The van der Waals surface area contributed by atoms with Crippen LogP contribution in [0.15, 0.2) is 12.2 Å². The first-order valence-corrected chi connectivity index (χ1v) is 9.44. The number of carboxylic acid groups (broad SMARTS) is 1. The lowest BCUT2D eigenvalue weighted by atomic mass is 9.92. The molecule has 138 valence electrons. The summed E-state index contributed by atoms with van der Waals surface area (Å²) in [5, 5.41) is 18.4. The Hall–Kier alpha value is -0.620. The van der Waals surface area contributed by atoms with E-state index in [1.807, 2.05) is 6.08 Å². The molecule has 5 atom stereocenters. The molecule has 1 unspecified atom stereocenters. The van der Waals surface area contributed by atoms with Gasteiger partial charge in [-0.15, -0.1) is 11.6 Å². The second kappa shape index (κ2) is 10.4. The van der Waals surface area contributed by atoms with E-state index in [4.69, 9.17) is 26.2 Å². The van der Waals surface area contributed by atoms with Crippen molar-refractivity contribution < 1.29 is 24.5 Å². The summed E-state index contributed by atoms with van der Waals surface area (Å²) >= 11 is 6.50. The number of aliphatic hydroxyl groups excluding tert-OH is 1. The molecule has 1 saturated carbocycles. The van der Waals surface area contributed by atoms with Crippen LogP contribution in [0.1, 0.15) is 51.4 Å². The number of hydrogen-bond donors (Lipinski definition) is 2. The van der Waals surface area contributed by atoms with Crippen LogP contribution in [-0.2, 0) is 14.3 Å². The predicted octanol–water partition coefficient (Wildman–Crippen LogP) is 3.34. The molecule has 24 heavy (non-hydrogen) atoms. The van der Waals surface area contributed by atoms with E-state index in [-0.39, 0.29) is 42.6 Å². The summed E-state index contributed by atoms with van der Waals surface area (Å²) in [4.78, 5) is 10.5. The molecule has 0 aromatic carbocycles. The van der Waals surface area contributed by atoms with Gasteiger partial charge in [0.05, 0.1) is 6.10 Å². The number of hydrogen-bond acceptors (Lipinski definition) is 4. The van der Waals surface area contributed by atoms with Gasteiger partial charge in [0.2, 0.25) is 0 Å². The van der Waals surface area contributed by atoms with Crippen molar-refractivity contribution in [1.82, 2.24) is 0 Å². The fourth-order valence-electron chi connectivity index (χ4n) is 3.60. The number of allylic oxidation sites excluding steroid dienone is 2. The summed E-state index contributed by atoms with van der Waals surface area (Å²) < 4.78 is 11.7. The Morgan fingerprint density at radius 1 is 1.29 bits per heavy atom. The number of aliphatic hydroxyl groups is 1. The van der Waals surface area contributed by atoms with Crippen LogP contribution in [0.4, 0.5) is 0 Å². The molecule has 2 fully saturated rings. The quantitative estimate of drug-likeness (QED) is 0.374. The summed E-state index contributed by atoms with van der Waals surface area (Å²) in [6.07, 6.45) is 10.1. The van der Waals surface area contributed by atoms with Crippen molar-refractivity contribution >= 4 is 17.6 Å². The van der Waals surface area contributed by atoms with Crippen LogP contribution < -0.4 is 0 Å². The summed E-state index contributed by atoms with van der Waals surface area (Å²) in [5.74, 6) is -0.548. The molecule has 6 heteroatoms. The molecule has 0 spiro atoms. The van der Waals surface area contributed by atoms with Crippen molar-refractivity contribution in [2.75, 3.05) is 13.2 Å². The van der Waals surface area contributed by atoms with Gasteiger partial charge in [0.15, 0.2) is 6.29 Å². The van der Waals surface area contributed by atoms with Gasteiger partial charge in [-0.1, -0.05) is 12.2 Å². The fraction of sp³-hybridized carbons (Fsp3) is 0.833. The molecule has 2 aliphatic rings. The molecular weight excluding hydrogens is 332 g/mol. The average molecular weight is 361 g/mol. The highest BCUT2D eigenvalue weighted by molar-refractivity contribution is 6.21. The topological polar surface area (TPSA) is 76.0 Å². The zero-order valence-corrected chi connectivity index (χ0v) is 14.9. The molecule has 0 aromatic rings. The van der Waals surface area contributed by atoms with E-state index in [1.54, 1.807) is 0 Å². The maximum atomic E-state index is 10.5. The third-order valence-corrected chi connectivity index (χ3v) is 5.46. The molecule has 0 radical (unpaired) electrons. The lowest BCUT2D eigenvalue weighted by molar-refractivity contribution is -0.197. The van der Waals surface area contributed by atoms with Crippen molar-refractivity contribution in [2.24, 2.45) is 11.8 Å². The molecular formula is C18H29ClO5. The molecule has 0 amide bonds. The Morgan fingerprint density at radius 3 is 2.79 bits per heavy atom. The van der Waals surface area contributed by atoms with Crippen LogP contribution >= 0.6 is 11.6 Å². The summed E-state index contributed by atoms with van der Waals surface area (Å²) in [6, 6.07) is 0. The van der Waals surface area contributed by atoms with Gasteiger partial charge in [0.1, 0.15) is 0 Å². The molecule has 1 saturated heterocycles. The third-order valence-electron chi connectivity index (χ3n) is 4.96. The first-order valence-electron chi connectivity index (χ1n) is 9.00. The SMILES string of the molecule is O=C(O)CCCC=CC[C@@H]1[C@@H](CO)[C@H](OC2CCCCO2)C[C@@H]1Cl. The first kappa shape index (κ1) is 19.7. The smallest absolute Gasteiger partial charge is 0.303 e. The Bertz CT molecular complexity index is 408. The van der Waals surface area contributed by atoms with Crippen LogP contribution in [0.2, 0.25) is 0 Å². The van der Waals surface area contributed by atoms with Crippen LogP contribution in [0.3, 0.4) is 0 Å². The van der Waals surface area contributed by atoms with Crippen molar-refractivity contribution in [2.45, 2.75) is 69.1 Å². The van der Waals surface area contributed by atoms with E-state index in [9.17, 15) is 9.90 Å². The zero-order chi connectivity index (χ0) is 17.4. The number of unbranched alkanes of at least 4 members (excludes halogenated alkanes) is 1. The lowest BCUT2D eigenvalue weighted by Gasteiger charge is -2.29. The van der Waals surface area contributed by atoms with Gasteiger partial charge in [-0.25, -0.2) is 0 Å². The van der Waals surface area contributed by atoms with Crippen LogP contribution in [-0.4, -0.2) is 47.2 Å². The highest BCUT2D eigenvalue weighted by Gasteiger charge is 2.43.